The average Bonchev–Trinajstić information content (AvgIpc) is 2.80. The maximum Gasteiger partial charge on any atom is 0.227 e. The van der Waals surface area contributed by atoms with E-state index >= 15 is 0 Å². The minimum absolute atomic E-state index is 0.0231. The molecular formula is C12H16FN3O. The molecule has 1 aliphatic rings. The topological polar surface area (TPSA) is 68.0 Å². The zero-order chi connectivity index (χ0) is 12.3. The molecule has 1 aromatic heterocycles. The fourth-order valence-corrected chi connectivity index (χ4v) is 2.35. The van der Waals surface area contributed by atoms with Gasteiger partial charge in [0.15, 0.2) is 0 Å². The van der Waals surface area contributed by atoms with Gasteiger partial charge in [-0.2, -0.15) is 4.39 Å². The van der Waals surface area contributed by atoms with Crippen molar-refractivity contribution in [1.29, 1.82) is 0 Å². The zero-order valence-corrected chi connectivity index (χ0v) is 9.53. The molecule has 0 spiro atoms. The molecule has 1 amide bonds. The van der Waals surface area contributed by atoms with Gasteiger partial charge in [-0.3, -0.25) is 4.79 Å². The smallest absolute Gasteiger partial charge is 0.227 e. The Morgan fingerprint density at radius 3 is 3.00 bits per heavy atom. The Balaban J connectivity index is 1.99. The first-order valence-electron chi connectivity index (χ1n) is 5.83. The number of rotatable bonds is 3. The van der Waals surface area contributed by atoms with Crippen molar-refractivity contribution < 1.29 is 9.18 Å². The summed E-state index contributed by atoms with van der Waals surface area (Å²) in [5, 5.41) is 2.75. The molecule has 1 aromatic rings. The van der Waals surface area contributed by atoms with Crippen LogP contribution in [0, 0.1) is 17.8 Å². The predicted octanol–water partition coefficient (Wildman–Crippen LogP) is 1.53. The van der Waals surface area contributed by atoms with Gasteiger partial charge >= 0.3 is 0 Å². The standard InChI is InChI=1S/C12H16FN3O/c13-11-5-4-9(7-15-11)16-12(17)10-3-1-2-8(10)6-14/h4-5,7-8,10H,1-3,6,14H2,(H,16,17). The molecule has 0 radical (unpaired) electrons. The van der Waals surface area contributed by atoms with E-state index in [1.165, 1.54) is 18.3 Å². The third-order valence-electron chi connectivity index (χ3n) is 3.29. The largest absolute Gasteiger partial charge is 0.330 e. The Bertz CT molecular complexity index is 393. The molecule has 92 valence electrons. The molecule has 1 saturated carbocycles. The fourth-order valence-electron chi connectivity index (χ4n) is 2.35. The van der Waals surface area contributed by atoms with Crippen LogP contribution in [-0.4, -0.2) is 17.4 Å². The number of amides is 1. The molecule has 17 heavy (non-hydrogen) atoms. The molecule has 5 heteroatoms. The van der Waals surface area contributed by atoms with Gasteiger partial charge < -0.3 is 11.1 Å². The van der Waals surface area contributed by atoms with Crippen molar-refractivity contribution in [2.24, 2.45) is 17.6 Å². The number of carbonyl (C=O) groups excluding carboxylic acids is 1. The summed E-state index contributed by atoms with van der Waals surface area (Å²) in [6.45, 7) is 0.541. The Labute approximate surface area is 99.4 Å². The second-order valence-corrected chi connectivity index (χ2v) is 4.39. The SMILES string of the molecule is NCC1CCCC1C(=O)Nc1ccc(F)nc1. The summed E-state index contributed by atoms with van der Waals surface area (Å²) < 4.78 is 12.6. The highest BCUT2D eigenvalue weighted by atomic mass is 19.1. The van der Waals surface area contributed by atoms with E-state index in [-0.39, 0.29) is 17.7 Å². The van der Waals surface area contributed by atoms with Crippen LogP contribution in [0.5, 0.6) is 0 Å². The highest BCUT2D eigenvalue weighted by Gasteiger charge is 2.31. The van der Waals surface area contributed by atoms with Crippen molar-refractivity contribution in [1.82, 2.24) is 4.98 Å². The number of nitrogens with zero attached hydrogens (tertiary/aromatic N) is 1. The Morgan fingerprint density at radius 1 is 1.53 bits per heavy atom. The molecule has 0 saturated heterocycles. The van der Waals surface area contributed by atoms with E-state index in [4.69, 9.17) is 5.73 Å². The number of carbonyl (C=O) groups is 1. The molecule has 1 heterocycles. The molecule has 4 nitrogen and oxygen atoms in total. The van der Waals surface area contributed by atoms with E-state index in [1.54, 1.807) is 0 Å². The molecule has 2 atom stereocenters. The van der Waals surface area contributed by atoms with Crippen LogP contribution in [0.4, 0.5) is 10.1 Å². The van der Waals surface area contributed by atoms with Crippen LogP contribution < -0.4 is 11.1 Å². The minimum Gasteiger partial charge on any atom is -0.330 e. The summed E-state index contributed by atoms with van der Waals surface area (Å²) in [6, 6.07) is 2.73. The van der Waals surface area contributed by atoms with Crippen molar-refractivity contribution in [3.63, 3.8) is 0 Å². The Hall–Kier alpha value is -1.49. The van der Waals surface area contributed by atoms with E-state index in [2.05, 4.69) is 10.3 Å². The number of nitrogens with one attached hydrogen (secondary N) is 1. The highest BCUT2D eigenvalue weighted by molar-refractivity contribution is 5.92. The van der Waals surface area contributed by atoms with Gasteiger partial charge in [0.25, 0.3) is 0 Å². The quantitative estimate of drug-likeness (QED) is 0.783. The van der Waals surface area contributed by atoms with Crippen molar-refractivity contribution >= 4 is 11.6 Å². The van der Waals surface area contributed by atoms with E-state index < -0.39 is 5.95 Å². The lowest BCUT2D eigenvalue weighted by Crippen LogP contribution is -2.29. The van der Waals surface area contributed by atoms with Gasteiger partial charge in [-0.15, -0.1) is 0 Å². The summed E-state index contributed by atoms with van der Waals surface area (Å²) in [4.78, 5) is 15.5. The van der Waals surface area contributed by atoms with Gasteiger partial charge in [-0.1, -0.05) is 6.42 Å². The number of hydrogen-bond donors (Lipinski definition) is 2. The first-order chi connectivity index (χ1) is 8.20. The van der Waals surface area contributed by atoms with Crippen LogP contribution >= 0.6 is 0 Å². The number of hydrogen-bond acceptors (Lipinski definition) is 3. The first kappa shape index (κ1) is 12.0. The molecule has 2 rings (SSSR count). The lowest BCUT2D eigenvalue weighted by atomic mass is 9.95. The molecular weight excluding hydrogens is 221 g/mol. The maximum absolute atomic E-state index is 12.6. The van der Waals surface area contributed by atoms with Crippen molar-refractivity contribution in [3.05, 3.63) is 24.3 Å². The molecule has 0 bridgehead atoms. The van der Waals surface area contributed by atoms with Crippen LogP contribution in [0.2, 0.25) is 0 Å². The number of nitrogens with two attached hydrogens (primary N) is 1. The third-order valence-corrected chi connectivity index (χ3v) is 3.29. The normalized spacial score (nSPS) is 23.6. The van der Waals surface area contributed by atoms with Gasteiger partial charge in [0, 0.05) is 5.92 Å². The van der Waals surface area contributed by atoms with Gasteiger partial charge in [0.2, 0.25) is 11.9 Å². The molecule has 0 aromatic carbocycles. The lowest BCUT2D eigenvalue weighted by Gasteiger charge is -2.17. The van der Waals surface area contributed by atoms with Crippen LogP contribution in [0.15, 0.2) is 18.3 Å². The monoisotopic (exact) mass is 237 g/mol. The van der Waals surface area contributed by atoms with Crippen LogP contribution in [0.1, 0.15) is 19.3 Å². The van der Waals surface area contributed by atoms with Gasteiger partial charge in [0.05, 0.1) is 11.9 Å². The van der Waals surface area contributed by atoms with Crippen molar-refractivity contribution in [2.75, 3.05) is 11.9 Å². The summed E-state index contributed by atoms with van der Waals surface area (Å²) in [5.74, 6) is -0.344. The molecule has 3 N–H and O–H groups in total. The third kappa shape index (κ3) is 2.79. The molecule has 0 aliphatic heterocycles. The zero-order valence-electron chi connectivity index (χ0n) is 9.53. The molecule has 1 aliphatic carbocycles. The van der Waals surface area contributed by atoms with Gasteiger partial charge in [-0.05, 0) is 37.4 Å². The van der Waals surface area contributed by atoms with Crippen molar-refractivity contribution in [3.8, 4) is 0 Å². The summed E-state index contributed by atoms with van der Waals surface area (Å²) in [6.07, 6.45) is 4.25. The first-order valence-corrected chi connectivity index (χ1v) is 5.83. The van der Waals surface area contributed by atoms with Gasteiger partial charge in [-0.25, -0.2) is 4.98 Å². The second kappa shape index (κ2) is 5.23. The number of anilines is 1. The predicted molar refractivity (Wildman–Crippen MR) is 62.7 cm³/mol. The van der Waals surface area contributed by atoms with Crippen LogP contribution in [0.3, 0.4) is 0 Å². The lowest BCUT2D eigenvalue weighted by molar-refractivity contribution is -0.120. The van der Waals surface area contributed by atoms with E-state index in [9.17, 15) is 9.18 Å². The minimum atomic E-state index is -0.552. The summed E-state index contributed by atoms with van der Waals surface area (Å²) in [7, 11) is 0. The molecule has 2 unspecified atom stereocenters. The maximum atomic E-state index is 12.6. The van der Waals surface area contributed by atoms with E-state index in [0.717, 1.165) is 19.3 Å². The summed E-state index contributed by atoms with van der Waals surface area (Å²) in [5.41, 5.74) is 6.16. The number of pyridine rings is 1. The second-order valence-electron chi connectivity index (χ2n) is 4.39. The van der Waals surface area contributed by atoms with E-state index in [1.807, 2.05) is 0 Å². The number of aromatic nitrogens is 1. The Morgan fingerprint density at radius 2 is 2.35 bits per heavy atom. The van der Waals surface area contributed by atoms with Crippen LogP contribution in [-0.2, 0) is 4.79 Å². The van der Waals surface area contributed by atoms with E-state index in [0.29, 0.717) is 12.2 Å². The van der Waals surface area contributed by atoms with Crippen LogP contribution in [0.25, 0.3) is 0 Å². The highest BCUT2D eigenvalue weighted by Crippen LogP contribution is 2.31. The number of halogens is 1. The molecule has 1 fully saturated rings. The average molecular weight is 237 g/mol. The Kier molecular flexibility index (Phi) is 3.68. The fraction of sp³-hybridized carbons (Fsp3) is 0.500. The summed E-state index contributed by atoms with van der Waals surface area (Å²) >= 11 is 0. The van der Waals surface area contributed by atoms with Gasteiger partial charge in [0.1, 0.15) is 0 Å². The van der Waals surface area contributed by atoms with Crippen molar-refractivity contribution in [2.45, 2.75) is 19.3 Å².